The number of aliphatic hydroxyl groups excluding tert-OH is 1. The molecular weight excluding hydrogens is 746 g/mol. The normalized spacial score (nSPS) is 26.9. The minimum atomic E-state index is -1.54. The summed E-state index contributed by atoms with van der Waals surface area (Å²) < 4.78 is 56.6. The SMILES string of the molecule is C=CCO[C@H]1O[C@H](COCc2ccccc2)[C@@H](O[C@@H]2O[C@H](C(=O)OC)[C@@H](O)[C@H](OCc3ccccc3)[C@H]2OCc2ccccc2)[C@H](OCc2ccccc2)[C@H]1N=[N+]=[N-]. The molecule has 0 spiro atoms. The molecule has 58 heavy (non-hydrogen) atoms. The van der Waals surface area contributed by atoms with Crippen LogP contribution in [0.15, 0.2) is 139 Å². The Morgan fingerprint density at radius 1 is 0.707 bits per heavy atom. The Kier molecular flexibility index (Phi) is 16.4. The lowest BCUT2D eigenvalue weighted by Crippen LogP contribution is -2.66. The van der Waals surface area contributed by atoms with Gasteiger partial charge in [-0.1, -0.05) is 133 Å². The quantitative estimate of drug-likeness (QED) is 0.0355. The predicted molar refractivity (Wildman–Crippen MR) is 210 cm³/mol. The van der Waals surface area contributed by atoms with E-state index in [1.165, 1.54) is 7.11 Å². The van der Waals surface area contributed by atoms with Crippen LogP contribution < -0.4 is 0 Å². The number of azide groups is 1. The van der Waals surface area contributed by atoms with Crippen molar-refractivity contribution < 1.29 is 52.5 Å². The van der Waals surface area contributed by atoms with Crippen molar-refractivity contribution in [2.24, 2.45) is 5.11 Å². The van der Waals surface area contributed by atoms with E-state index in [1.54, 1.807) is 6.08 Å². The number of esters is 1. The number of nitrogens with zero attached hydrogens (tertiary/aromatic N) is 3. The number of aliphatic hydroxyl groups is 1. The highest BCUT2D eigenvalue weighted by Gasteiger charge is 2.55. The number of hydrogen-bond donors (Lipinski definition) is 1. The van der Waals surface area contributed by atoms with Gasteiger partial charge in [-0.2, -0.15) is 0 Å². The van der Waals surface area contributed by atoms with Crippen molar-refractivity contribution in [2.75, 3.05) is 20.3 Å². The molecule has 0 unspecified atom stereocenters. The molecule has 0 bridgehead atoms. The van der Waals surface area contributed by atoms with E-state index in [4.69, 9.17) is 42.6 Å². The summed E-state index contributed by atoms with van der Waals surface area (Å²) in [4.78, 5) is 16.4. The van der Waals surface area contributed by atoms with Crippen LogP contribution in [0.5, 0.6) is 0 Å². The highest BCUT2D eigenvalue weighted by Crippen LogP contribution is 2.35. The van der Waals surface area contributed by atoms with Crippen molar-refractivity contribution in [3.63, 3.8) is 0 Å². The molecule has 306 valence electrons. The van der Waals surface area contributed by atoms with E-state index in [0.29, 0.717) is 0 Å². The van der Waals surface area contributed by atoms with Crippen LogP contribution in [0.3, 0.4) is 0 Å². The Bertz CT molecular complexity index is 1870. The topological polar surface area (TPSA) is 169 Å². The fourth-order valence-electron chi connectivity index (χ4n) is 6.80. The van der Waals surface area contributed by atoms with E-state index >= 15 is 0 Å². The van der Waals surface area contributed by atoms with Crippen molar-refractivity contribution in [3.8, 4) is 0 Å². The van der Waals surface area contributed by atoms with Gasteiger partial charge in [0.05, 0.1) is 46.8 Å². The van der Waals surface area contributed by atoms with Crippen LogP contribution in [0.25, 0.3) is 10.4 Å². The molecule has 2 heterocycles. The standard InChI is InChI=1S/C44H49N3O11/c1-3-24-52-43-35(46-47-45)38(53-26-31-18-10-5-11-19-31)37(34(56-43)29-51-25-30-16-8-4-9-17-30)57-44-41(55-28-33-22-14-7-15-23-33)39(36(48)40(58-44)42(49)50-2)54-27-32-20-12-6-13-21-32/h3-23,34-41,43-44,48H,1,24-29H2,2H3/t34-,35-,36+,37-,38-,39+,40+,41-,43+,44-/m1/s1. The largest absolute Gasteiger partial charge is 0.467 e. The number of benzene rings is 4. The van der Waals surface area contributed by atoms with Crippen LogP contribution in [-0.4, -0.2) is 92.7 Å². The van der Waals surface area contributed by atoms with Crippen molar-refractivity contribution in [1.29, 1.82) is 0 Å². The molecule has 14 nitrogen and oxygen atoms in total. The second-order valence-electron chi connectivity index (χ2n) is 13.7. The molecule has 2 saturated heterocycles. The second-order valence-corrected chi connectivity index (χ2v) is 13.7. The highest BCUT2D eigenvalue weighted by atomic mass is 16.8. The van der Waals surface area contributed by atoms with Crippen molar-refractivity contribution in [2.45, 2.75) is 87.8 Å². The van der Waals surface area contributed by atoms with E-state index in [-0.39, 0.29) is 39.6 Å². The molecule has 1 N–H and O–H groups in total. The molecule has 0 radical (unpaired) electrons. The van der Waals surface area contributed by atoms with Gasteiger partial charge in [0, 0.05) is 4.91 Å². The number of rotatable bonds is 20. The molecule has 6 rings (SSSR count). The first kappa shape index (κ1) is 42.6. The average molecular weight is 796 g/mol. The first-order chi connectivity index (χ1) is 28.5. The third-order valence-electron chi connectivity index (χ3n) is 9.67. The maximum absolute atomic E-state index is 13.3. The maximum atomic E-state index is 13.3. The van der Waals surface area contributed by atoms with Gasteiger partial charge in [0.15, 0.2) is 18.7 Å². The van der Waals surface area contributed by atoms with E-state index < -0.39 is 67.3 Å². The van der Waals surface area contributed by atoms with E-state index in [2.05, 4.69) is 16.6 Å². The van der Waals surface area contributed by atoms with Gasteiger partial charge in [-0.05, 0) is 27.8 Å². The minimum absolute atomic E-state index is 0.0268. The predicted octanol–water partition coefficient (Wildman–Crippen LogP) is 6.21. The van der Waals surface area contributed by atoms with Crippen LogP contribution in [-0.2, 0) is 73.9 Å². The van der Waals surface area contributed by atoms with E-state index in [9.17, 15) is 15.4 Å². The second kappa shape index (κ2) is 22.3. The summed E-state index contributed by atoms with van der Waals surface area (Å²) in [6.07, 6.45) is -9.35. The zero-order chi connectivity index (χ0) is 40.5. The van der Waals surface area contributed by atoms with Crippen LogP contribution in [0, 0.1) is 0 Å². The Morgan fingerprint density at radius 3 is 1.71 bits per heavy atom. The van der Waals surface area contributed by atoms with Crippen molar-refractivity contribution >= 4 is 5.97 Å². The molecule has 10 atom stereocenters. The van der Waals surface area contributed by atoms with Crippen LogP contribution in [0.1, 0.15) is 22.3 Å². The van der Waals surface area contributed by atoms with E-state index in [1.807, 2.05) is 121 Å². The van der Waals surface area contributed by atoms with E-state index in [0.717, 1.165) is 22.3 Å². The summed E-state index contributed by atoms with van der Waals surface area (Å²) in [5.74, 6) is -0.847. The lowest BCUT2D eigenvalue weighted by atomic mass is 9.95. The zero-order valence-electron chi connectivity index (χ0n) is 32.2. The number of carbonyl (C=O) groups is 1. The molecule has 0 aromatic heterocycles. The van der Waals surface area contributed by atoms with Gasteiger partial charge >= 0.3 is 5.97 Å². The van der Waals surface area contributed by atoms with Gasteiger partial charge < -0.3 is 47.7 Å². The van der Waals surface area contributed by atoms with Crippen LogP contribution in [0.2, 0.25) is 0 Å². The van der Waals surface area contributed by atoms with Crippen LogP contribution >= 0.6 is 0 Å². The minimum Gasteiger partial charge on any atom is -0.467 e. The van der Waals surface area contributed by atoms with Crippen molar-refractivity contribution in [3.05, 3.63) is 167 Å². The summed E-state index contributed by atoms with van der Waals surface area (Å²) in [5, 5.41) is 15.8. The molecule has 2 aliphatic rings. The Balaban J connectivity index is 1.38. The monoisotopic (exact) mass is 795 g/mol. The number of ether oxygens (including phenoxy) is 9. The molecule has 4 aromatic carbocycles. The number of hydrogen-bond acceptors (Lipinski definition) is 12. The Morgan fingerprint density at radius 2 is 1.21 bits per heavy atom. The molecule has 0 amide bonds. The van der Waals surface area contributed by atoms with Gasteiger partial charge in [-0.15, -0.1) is 6.58 Å². The van der Waals surface area contributed by atoms with Gasteiger partial charge in [-0.3, -0.25) is 0 Å². The van der Waals surface area contributed by atoms with Crippen molar-refractivity contribution in [1.82, 2.24) is 0 Å². The third kappa shape index (κ3) is 11.6. The summed E-state index contributed by atoms with van der Waals surface area (Å²) in [7, 11) is 1.20. The van der Waals surface area contributed by atoms with Gasteiger partial charge in [0.25, 0.3) is 0 Å². The summed E-state index contributed by atoms with van der Waals surface area (Å²) >= 11 is 0. The van der Waals surface area contributed by atoms with Gasteiger partial charge in [0.2, 0.25) is 0 Å². The first-order valence-corrected chi connectivity index (χ1v) is 19.1. The smallest absolute Gasteiger partial charge is 0.337 e. The highest BCUT2D eigenvalue weighted by molar-refractivity contribution is 5.75. The molecule has 0 aliphatic carbocycles. The van der Waals surface area contributed by atoms with Crippen LogP contribution in [0.4, 0.5) is 0 Å². The molecule has 2 aliphatic heterocycles. The fourth-order valence-corrected chi connectivity index (χ4v) is 6.80. The number of carbonyl (C=O) groups excluding carboxylic acids is 1. The summed E-state index contributed by atoms with van der Waals surface area (Å²) in [5.41, 5.74) is 13.3. The average Bonchev–Trinajstić information content (AvgIpc) is 3.27. The summed E-state index contributed by atoms with van der Waals surface area (Å²) in [6.45, 7) is 4.31. The maximum Gasteiger partial charge on any atom is 0.337 e. The van der Waals surface area contributed by atoms with Gasteiger partial charge in [0.1, 0.15) is 42.7 Å². The third-order valence-corrected chi connectivity index (χ3v) is 9.67. The first-order valence-electron chi connectivity index (χ1n) is 19.1. The lowest BCUT2D eigenvalue weighted by molar-refractivity contribution is -0.355. The fraction of sp³-hybridized carbons (Fsp3) is 0.386. The molecule has 14 heteroatoms. The molecular formula is C44H49N3O11. The Labute approximate surface area is 337 Å². The number of methoxy groups -OCH3 is 1. The van der Waals surface area contributed by atoms with Gasteiger partial charge in [-0.25, -0.2) is 4.79 Å². The zero-order valence-corrected chi connectivity index (χ0v) is 32.2. The lowest BCUT2D eigenvalue weighted by Gasteiger charge is -2.48. The Hall–Kier alpha value is -4.96. The molecule has 2 fully saturated rings. The molecule has 0 saturated carbocycles. The summed E-state index contributed by atoms with van der Waals surface area (Å²) in [6, 6.07) is 36.8. The molecule has 4 aromatic rings.